The van der Waals surface area contributed by atoms with Gasteiger partial charge in [0.2, 0.25) is 5.82 Å². The van der Waals surface area contributed by atoms with Crippen LogP contribution in [0.2, 0.25) is 0 Å². The first-order valence-electron chi connectivity index (χ1n) is 5.62. The van der Waals surface area contributed by atoms with Crippen LogP contribution >= 0.6 is 15.9 Å². The second kappa shape index (κ2) is 4.85. The van der Waals surface area contributed by atoms with E-state index >= 15 is 0 Å². The first-order chi connectivity index (χ1) is 9.24. The predicted molar refractivity (Wildman–Crippen MR) is 74.5 cm³/mol. The molecule has 0 spiro atoms. The second-order valence-electron chi connectivity index (χ2n) is 3.96. The van der Waals surface area contributed by atoms with Crippen molar-refractivity contribution in [3.05, 3.63) is 53.0 Å². The van der Waals surface area contributed by atoms with Crippen molar-refractivity contribution in [3.63, 3.8) is 0 Å². The van der Waals surface area contributed by atoms with Crippen molar-refractivity contribution in [1.82, 2.24) is 10.1 Å². The van der Waals surface area contributed by atoms with Gasteiger partial charge in [0.05, 0.1) is 4.47 Å². The fraction of sp³-hybridized carbons (Fsp3) is 0. The largest absolute Gasteiger partial charge is 0.507 e. The van der Waals surface area contributed by atoms with Gasteiger partial charge in [0, 0.05) is 11.1 Å². The Labute approximate surface area is 117 Å². The molecule has 19 heavy (non-hydrogen) atoms. The summed E-state index contributed by atoms with van der Waals surface area (Å²) in [6, 6.07) is 14.7. The van der Waals surface area contributed by atoms with Gasteiger partial charge < -0.3 is 9.63 Å². The maximum absolute atomic E-state index is 9.65. The fourth-order valence-corrected chi connectivity index (χ4v) is 1.94. The van der Waals surface area contributed by atoms with E-state index in [0.717, 1.165) is 5.56 Å². The van der Waals surface area contributed by atoms with Crippen molar-refractivity contribution in [2.24, 2.45) is 0 Å². The molecule has 5 heteroatoms. The van der Waals surface area contributed by atoms with Crippen LogP contribution in [0.4, 0.5) is 0 Å². The molecule has 3 rings (SSSR count). The number of hydrogen-bond acceptors (Lipinski definition) is 4. The molecule has 0 bridgehead atoms. The van der Waals surface area contributed by atoms with Gasteiger partial charge in [-0.1, -0.05) is 35.5 Å². The molecule has 0 aliphatic heterocycles. The van der Waals surface area contributed by atoms with Crippen LogP contribution in [-0.2, 0) is 0 Å². The Kier molecular flexibility index (Phi) is 3.05. The molecule has 4 nitrogen and oxygen atoms in total. The third-order valence-electron chi connectivity index (χ3n) is 2.65. The average molecular weight is 317 g/mol. The summed E-state index contributed by atoms with van der Waals surface area (Å²) >= 11 is 3.23. The first kappa shape index (κ1) is 11.9. The minimum Gasteiger partial charge on any atom is -0.507 e. The molecule has 1 aromatic heterocycles. The van der Waals surface area contributed by atoms with E-state index in [-0.39, 0.29) is 5.75 Å². The van der Waals surface area contributed by atoms with Crippen LogP contribution in [0.25, 0.3) is 22.8 Å². The molecular formula is C14H9BrN2O2. The zero-order valence-electron chi connectivity index (χ0n) is 9.75. The Balaban J connectivity index is 1.99. The molecule has 0 saturated carbocycles. The topological polar surface area (TPSA) is 59.2 Å². The van der Waals surface area contributed by atoms with Gasteiger partial charge in [-0.3, -0.25) is 0 Å². The van der Waals surface area contributed by atoms with E-state index < -0.39 is 0 Å². The summed E-state index contributed by atoms with van der Waals surface area (Å²) in [7, 11) is 0. The minimum absolute atomic E-state index is 0.136. The highest BCUT2D eigenvalue weighted by Gasteiger charge is 2.11. The number of benzene rings is 2. The number of phenols is 1. The van der Waals surface area contributed by atoms with Crippen LogP contribution in [-0.4, -0.2) is 15.2 Å². The van der Waals surface area contributed by atoms with Crippen molar-refractivity contribution in [2.75, 3.05) is 0 Å². The molecule has 0 fully saturated rings. The number of aromatic hydroxyl groups is 1. The van der Waals surface area contributed by atoms with Gasteiger partial charge >= 0.3 is 0 Å². The minimum atomic E-state index is 0.136. The van der Waals surface area contributed by atoms with Crippen LogP contribution in [0.5, 0.6) is 5.75 Å². The standard InChI is InChI=1S/C14H9BrN2O2/c15-11-7-6-10(8-12(11)18)14-16-13(17-19-14)9-4-2-1-3-5-9/h1-8,18H. The van der Waals surface area contributed by atoms with E-state index in [4.69, 9.17) is 4.52 Å². The Morgan fingerprint density at radius 1 is 1.00 bits per heavy atom. The van der Waals surface area contributed by atoms with Gasteiger partial charge in [-0.2, -0.15) is 4.98 Å². The maximum atomic E-state index is 9.65. The second-order valence-corrected chi connectivity index (χ2v) is 4.81. The summed E-state index contributed by atoms with van der Waals surface area (Å²) in [5.41, 5.74) is 1.56. The van der Waals surface area contributed by atoms with Crippen molar-refractivity contribution < 1.29 is 9.63 Å². The van der Waals surface area contributed by atoms with Crippen molar-refractivity contribution in [1.29, 1.82) is 0 Å². The number of rotatable bonds is 2. The number of phenolic OH excluding ortho intramolecular Hbond substituents is 1. The highest BCUT2D eigenvalue weighted by atomic mass is 79.9. The maximum Gasteiger partial charge on any atom is 0.258 e. The quantitative estimate of drug-likeness (QED) is 0.779. The molecule has 3 aromatic rings. The van der Waals surface area contributed by atoms with Crippen molar-refractivity contribution in [2.45, 2.75) is 0 Å². The first-order valence-corrected chi connectivity index (χ1v) is 6.41. The Bertz CT molecular complexity index is 710. The van der Waals surface area contributed by atoms with Crippen LogP contribution < -0.4 is 0 Å². The fourth-order valence-electron chi connectivity index (χ4n) is 1.69. The number of hydrogen-bond donors (Lipinski definition) is 1. The molecule has 94 valence electrons. The third kappa shape index (κ3) is 2.37. The van der Waals surface area contributed by atoms with Gasteiger partial charge in [-0.25, -0.2) is 0 Å². The van der Waals surface area contributed by atoms with Crippen molar-refractivity contribution >= 4 is 15.9 Å². The average Bonchev–Trinajstić information content (AvgIpc) is 2.93. The molecule has 1 N–H and O–H groups in total. The summed E-state index contributed by atoms with van der Waals surface area (Å²) in [5.74, 6) is 1.04. The Hall–Kier alpha value is -2.14. The van der Waals surface area contributed by atoms with Gasteiger partial charge in [0.15, 0.2) is 0 Å². The SMILES string of the molecule is Oc1cc(-c2nc(-c3ccccc3)no2)ccc1Br. The zero-order valence-corrected chi connectivity index (χ0v) is 11.3. The summed E-state index contributed by atoms with van der Waals surface area (Å²) in [6.07, 6.45) is 0. The third-order valence-corrected chi connectivity index (χ3v) is 3.32. The van der Waals surface area contributed by atoms with Crippen LogP contribution in [0, 0.1) is 0 Å². The summed E-state index contributed by atoms with van der Waals surface area (Å²) in [6.45, 7) is 0. The van der Waals surface area contributed by atoms with Crippen LogP contribution in [0.15, 0.2) is 57.5 Å². The lowest BCUT2D eigenvalue weighted by molar-refractivity contribution is 0.431. The van der Waals surface area contributed by atoms with E-state index in [1.165, 1.54) is 0 Å². The molecule has 0 atom stereocenters. The lowest BCUT2D eigenvalue weighted by Crippen LogP contribution is -1.81. The van der Waals surface area contributed by atoms with E-state index in [2.05, 4.69) is 26.1 Å². The lowest BCUT2D eigenvalue weighted by Gasteiger charge is -1.98. The monoisotopic (exact) mass is 316 g/mol. The van der Waals surface area contributed by atoms with Crippen LogP contribution in [0.1, 0.15) is 0 Å². The summed E-state index contributed by atoms with van der Waals surface area (Å²) in [5, 5.41) is 13.6. The number of nitrogens with zero attached hydrogens (tertiary/aromatic N) is 2. The van der Waals surface area contributed by atoms with Gasteiger partial charge in [0.1, 0.15) is 5.75 Å². The molecular weight excluding hydrogens is 308 g/mol. The molecule has 0 aliphatic rings. The van der Waals surface area contributed by atoms with Gasteiger partial charge in [-0.05, 0) is 34.1 Å². The van der Waals surface area contributed by atoms with Crippen molar-refractivity contribution in [3.8, 4) is 28.6 Å². The lowest BCUT2D eigenvalue weighted by atomic mass is 10.2. The van der Waals surface area contributed by atoms with E-state index in [0.29, 0.717) is 21.8 Å². The number of aromatic nitrogens is 2. The Morgan fingerprint density at radius 2 is 1.79 bits per heavy atom. The Morgan fingerprint density at radius 3 is 2.53 bits per heavy atom. The molecule has 0 saturated heterocycles. The normalized spacial score (nSPS) is 10.6. The molecule has 0 unspecified atom stereocenters. The smallest absolute Gasteiger partial charge is 0.258 e. The van der Waals surface area contributed by atoms with E-state index in [1.807, 2.05) is 30.3 Å². The predicted octanol–water partition coefficient (Wildman–Crippen LogP) is 3.87. The van der Waals surface area contributed by atoms with E-state index in [9.17, 15) is 5.11 Å². The highest BCUT2D eigenvalue weighted by molar-refractivity contribution is 9.10. The molecule has 2 aromatic carbocycles. The van der Waals surface area contributed by atoms with Crippen LogP contribution in [0.3, 0.4) is 0 Å². The molecule has 1 heterocycles. The molecule has 0 radical (unpaired) electrons. The van der Waals surface area contributed by atoms with E-state index in [1.54, 1.807) is 18.2 Å². The molecule has 0 amide bonds. The summed E-state index contributed by atoms with van der Waals surface area (Å²) < 4.78 is 5.84. The number of halogens is 1. The highest BCUT2D eigenvalue weighted by Crippen LogP contribution is 2.29. The summed E-state index contributed by atoms with van der Waals surface area (Å²) in [4.78, 5) is 4.32. The van der Waals surface area contributed by atoms with Gasteiger partial charge in [0.25, 0.3) is 5.89 Å². The zero-order chi connectivity index (χ0) is 13.2. The van der Waals surface area contributed by atoms with Gasteiger partial charge in [-0.15, -0.1) is 0 Å². The molecule has 0 aliphatic carbocycles.